The highest BCUT2D eigenvalue weighted by Crippen LogP contribution is 2.08. The van der Waals surface area contributed by atoms with Crippen LogP contribution in [0.1, 0.15) is 19.4 Å². The van der Waals surface area contributed by atoms with Gasteiger partial charge in [0.05, 0.1) is 0 Å². The molecule has 0 saturated carbocycles. The topological polar surface area (TPSA) is 57.2 Å². The second-order valence-electron chi connectivity index (χ2n) is 5.57. The quantitative estimate of drug-likeness (QED) is 0.907. The van der Waals surface area contributed by atoms with Crippen molar-refractivity contribution in [1.29, 1.82) is 0 Å². The van der Waals surface area contributed by atoms with Crippen molar-refractivity contribution in [2.45, 2.75) is 32.5 Å². The molecule has 1 heterocycles. The lowest BCUT2D eigenvalue weighted by molar-refractivity contribution is 0.296. The van der Waals surface area contributed by atoms with Gasteiger partial charge in [0.2, 0.25) is 0 Å². The summed E-state index contributed by atoms with van der Waals surface area (Å²) in [6, 6.07) is 13.2. The maximum Gasteiger partial charge on any atom is 0.292 e. The van der Waals surface area contributed by atoms with E-state index in [2.05, 4.69) is 0 Å². The molecule has 4 heteroatoms. The molecule has 106 valence electrons. The number of hydrogen-bond acceptors (Lipinski definition) is 3. The number of ether oxygens (including phenoxy) is 1. The average Bonchev–Trinajstić information content (AvgIpc) is 2.39. The summed E-state index contributed by atoms with van der Waals surface area (Å²) in [5.74, 6) is 0.348. The van der Waals surface area contributed by atoms with Crippen LogP contribution in [-0.4, -0.2) is 10.1 Å². The maximum absolute atomic E-state index is 12.3. The van der Waals surface area contributed by atoms with Crippen LogP contribution in [0.25, 0.3) is 0 Å². The van der Waals surface area contributed by atoms with E-state index in [4.69, 9.17) is 10.5 Å². The van der Waals surface area contributed by atoms with E-state index in [0.717, 1.165) is 5.56 Å². The smallest absolute Gasteiger partial charge is 0.292 e. The summed E-state index contributed by atoms with van der Waals surface area (Å²) in [7, 11) is 0. The van der Waals surface area contributed by atoms with Crippen LogP contribution in [0.5, 0.6) is 5.75 Å². The SMILES string of the molecule is CC(C)(N)Cn1cccc(OCc2ccccc2)c1=O. The normalized spacial score (nSPS) is 11.3. The second kappa shape index (κ2) is 5.92. The van der Waals surface area contributed by atoms with Crippen molar-refractivity contribution in [2.75, 3.05) is 0 Å². The van der Waals surface area contributed by atoms with Crippen LogP contribution < -0.4 is 16.0 Å². The van der Waals surface area contributed by atoms with Gasteiger partial charge in [0.15, 0.2) is 5.75 Å². The van der Waals surface area contributed by atoms with Crippen LogP contribution in [-0.2, 0) is 13.2 Å². The molecule has 0 bridgehead atoms. The van der Waals surface area contributed by atoms with Crippen LogP contribution in [0.3, 0.4) is 0 Å². The van der Waals surface area contributed by atoms with E-state index in [1.165, 1.54) is 0 Å². The van der Waals surface area contributed by atoms with E-state index in [9.17, 15) is 4.79 Å². The van der Waals surface area contributed by atoms with Gasteiger partial charge in [-0.1, -0.05) is 30.3 Å². The van der Waals surface area contributed by atoms with Gasteiger partial charge < -0.3 is 15.0 Å². The number of rotatable bonds is 5. The molecule has 2 rings (SSSR count). The zero-order chi connectivity index (χ0) is 14.6. The first-order valence-electron chi connectivity index (χ1n) is 6.61. The third kappa shape index (κ3) is 3.96. The number of pyridine rings is 1. The standard InChI is InChI=1S/C16H20N2O2/c1-16(2,17)12-18-10-6-9-14(15(18)19)20-11-13-7-4-3-5-8-13/h3-10H,11-12,17H2,1-2H3. The molecule has 0 aliphatic rings. The molecule has 0 aliphatic carbocycles. The zero-order valence-corrected chi connectivity index (χ0v) is 11.9. The first-order valence-corrected chi connectivity index (χ1v) is 6.61. The monoisotopic (exact) mass is 272 g/mol. The van der Waals surface area contributed by atoms with Crippen molar-refractivity contribution >= 4 is 0 Å². The van der Waals surface area contributed by atoms with Gasteiger partial charge in [-0.25, -0.2) is 0 Å². The van der Waals surface area contributed by atoms with Gasteiger partial charge in [-0.05, 0) is 31.5 Å². The number of aromatic nitrogens is 1. The Morgan fingerprint density at radius 1 is 1.15 bits per heavy atom. The average molecular weight is 272 g/mol. The Labute approximate surface area is 118 Å². The van der Waals surface area contributed by atoms with Crippen molar-refractivity contribution in [2.24, 2.45) is 5.73 Å². The maximum atomic E-state index is 12.3. The summed E-state index contributed by atoms with van der Waals surface area (Å²) in [6.45, 7) is 4.61. The van der Waals surface area contributed by atoms with E-state index >= 15 is 0 Å². The Bertz CT molecular complexity index is 612. The molecule has 0 spiro atoms. The molecule has 1 aromatic carbocycles. The van der Waals surface area contributed by atoms with Crippen LogP contribution in [0.15, 0.2) is 53.5 Å². The zero-order valence-electron chi connectivity index (χ0n) is 11.9. The molecule has 0 aliphatic heterocycles. The predicted octanol–water partition coefficient (Wildman–Crippen LogP) is 2.16. The van der Waals surface area contributed by atoms with E-state index in [0.29, 0.717) is 18.9 Å². The van der Waals surface area contributed by atoms with Crippen LogP contribution in [0.4, 0.5) is 0 Å². The fourth-order valence-electron chi connectivity index (χ4n) is 1.92. The fourth-order valence-corrected chi connectivity index (χ4v) is 1.92. The molecule has 0 radical (unpaired) electrons. The summed E-state index contributed by atoms with van der Waals surface area (Å²) in [5, 5.41) is 0. The lowest BCUT2D eigenvalue weighted by atomic mass is 10.1. The van der Waals surface area contributed by atoms with Gasteiger partial charge in [0, 0.05) is 18.3 Å². The van der Waals surface area contributed by atoms with Gasteiger partial charge in [0.1, 0.15) is 6.61 Å². The first-order chi connectivity index (χ1) is 9.46. The van der Waals surface area contributed by atoms with Gasteiger partial charge >= 0.3 is 0 Å². The van der Waals surface area contributed by atoms with Crippen molar-refractivity contribution in [1.82, 2.24) is 4.57 Å². The summed E-state index contributed by atoms with van der Waals surface area (Å²) in [6.07, 6.45) is 1.73. The Morgan fingerprint density at radius 2 is 1.85 bits per heavy atom. The number of hydrogen-bond donors (Lipinski definition) is 1. The molecule has 0 fully saturated rings. The summed E-state index contributed by atoms with van der Waals surface area (Å²) >= 11 is 0. The molecule has 2 N–H and O–H groups in total. The van der Waals surface area contributed by atoms with E-state index < -0.39 is 5.54 Å². The highest BCUT2D eigenvalue weighted by atomic mass is 16.5. The van der Waals surface area contributed by atoms with Crippen LogP contribution in [0.2, 0.25) is 0 Å². The number of benzene rings is 1. The highest BCUT2D eigenvalue weighted by Gasteiger charge is 2.14. The second-order valence-corrected chi connectivity index (χ2v) is 5.57. The van der Waals surface area contributed by atoms with E-state index in [1.54, 1.807) is 22.9 Å². The van der Waals surface area contributed by atoms with Crippen molar-refractivity contribution in [3.63, 3.8) is 0 Å². The predicted molar refractivity (Wildman–Crippen MR) is 79.7 cm³/mol. The third-order valence-corrected chi connectivity index (χ3v) is 2.80. The molecule has 0 unspecified atom stereocenters. The number of nitrogens with two attached hydrogens (primary N) is 1. The molecule has 20 heavy (non-hydrogen) atoms. The minimum Gasteiger partial charge on any atom is -0.483 e. The lowest BCUT2D eigenvalue weighted by Gasteiger charge is -2.20. The highest BCUT2D eigenvalue weighted by molar-refractivity contribution is 5.19. The summed E-state index contributed by atoms with van der Waals surface area (Å²) < 4.78 is 7.19. The Morgan fingerprint density at radius 3 is 2.50 bits per heavy atom. The first kappa shape index (κ1) is 14.3. The van der Waals surface area contributed by atoms with Gasteiger partial charge in [-0.2, -0.15) is 0 Å². The molecule has 0 atom stereocenters. The van der Waals surface area contributed by atoms with Gasteiger partial charge in [0.25, 0.3) is 5.56 Å². The Hall–Kier alpha value is -2.07. The van der Waals surface area contributed by atoms with Crippen LogP contribution in [0, 0.1) is 0 Å². The van der Waals surface area contributed by atoms with Crippen molar-refractivity contribution in [3.8, 4) is 5.75 Å². The summed E-state index contributed by atoms with van der Waals surface area (Å²) in [4.78, 5) is 12.3. The molecule has 0 saturated heterocycles. The number of nitrogens with zero attached hydrogens (tertiary/aromatic N) is 1. The fraction of sp³-hybridized carbons (Fsp3) is 0.312. The van der Waals surface area contributed by atoms with Crippen molar-refractivity contribution in [3.05, 3.63) is 64.6 Å². The molecule has 1 aromatic heterocycles. The van der Waals surface area contributed by atoms with Gasteiger partial charge in [-0.3, -0.25) is 4.79 Å². The lowest BCUT2D eigenvalue weighted by Crippen LogP contribution is -2.40. The molecular weight excluding hydrogens is 252 g/mol. The third-order valence-electron chi connectivity index (χ3n) is 2.80. The Kier molecular flexibility index (Phi) is 4.25. The molecule has 0 amide bonds. The van der Waals surface area contributed by atoms with Crippen molar-refractivity contribution < 1.29 is 4.74 Å². The molecule has 2 aromatic rings. The molecular formula is C16H20N2O2. The molecule has 4 nitrogen and oxygen atoms in total. The minimum absolute atomic E-state index is 0.151. The van der Waals surface area contributed by atoms with E-state index in [-0.39, 0.29) is 5.56 Å². The van der Waals surface area contributed by atoms with Crippen LogP contribution >= 0.6 is 0 Å². The largest absolute Gasteiger partial charge is 0.483 e. The van der Waals surface area contributed by atoms with Gasteiger partial charge in [-0.15, -0.1) is 0 Å². The minimum atomic E-state index is -0.443. The summed E-state index contributed by atoms with van der Waals surface area (Å²) in [5.41, 5.74) is 6.39. The van der Waals surface area contributed by atoms with E-state index in [1.807, 2.05) is 44.2 Å². The Balaban J connectivity index is 2.13.